The SMILES string of the molecule is COc1ccc(N(C)C)c(NC=O)c1. The Morgan fingerprint density at radius 1 is 1.43 bits per heavy atom. The number of rotatable bonds is 4. The molecule has 14 heavy (non-hydrogen) atoms. The van der Waals surface area contributed by atoms with Gasteiger partial charge in [0.15, 0.2) is 0 Å². The highest BCUT2D eigenvalue weighted by molar-refractivity contribution is 5.82. The van der Waals surface area contributed by atoms with E-state index in [-0.39, 0.29) is 0 Å². The Kier molecular flexibility index (Phi) is 3.34. The second kappa shape index (κ2) is 4.50. The van der Waals surface area contributed by atoms with Crippen LogP contribution in [-0.2, 0) is 4.79 Å². The van der Waals surface area contributed by atoms with Gasteiger partial charge in [-0.15, -0.1) is 0 Å². The molecule has 0 aromatic heterocycles. The first-order valence-electron chi connectivity index (χ1n) is 4.24. The van der Waals surface area contributed by atoms with Gasteiger partial charge >= 0.3 is 0 Å². The summed E-state index contributed by atoms with van der Waals surface area (Å²) in [5.41, 5.74) is 1.68. The van der Waals surface area contributed by atoms with Crippen molar-refractivity contribution >= 4 is 17.8 Å². The fourth-order valence-electron chi connectivity index (χ4n) is 1.21. The smallest absolute Gasteiger partial charge is 0.211 e. The molecule has 1 aromatic carbocycles. The van der Waals surface area contributed by atoms with E-state index in [9.17, 15) is 4.79 Å². The molecule has 1 aromatic rings. The second-order valence-corrected chi connectivity index (χ2v) is 3.04. The standard InChI is InChI=1S/C10H14N2O2/c1-12(2)10-5-4-8(14-3)6-9(10)11-7-13/h4-7H,1-3H3,(H,11,13). The second-order valence-electron chi connectivity index (χ2n) is 3.04. The predicted molar refractivity (Wildman–Crippen MR) is 57.0 cm³/mol. The summed E-state index contributed by atoms with van der Waals surface area (Å²) in [5.74, 6) is 0.722. The molecule has 76 valence electrons. The van der Waals surface area contributed by atoms with E-state index in [2.05, 4.69) is 5.32 Å². The van der Waals surface area contributed by atoms with Gasteiger partial charge in [-0.2, -0.15) is 0 Å². The molecule has 4 nitrogen and oxygen atoms in total. The molecular weight excluding hydrogens is 180 g/mol. The van der Waals surface area contributed by atoms with E-state index in [4.69, 9.17) is 4.74 Å². The number of anilines is 2. The van der Waals surface area contributed by atoms with Crippen molar-refractivity contribution in [2.24, 2.45) is 0 Å². The molecule has 0 bridgehead atoms. The highest BCUT2D eigenvalue weighted by Crippen LogP contribution is 2.28. The summed E-state index contributed by atoms with van der Waals surface area (Å²) in [7, 11) is 5.42. The molecule has 1 rings (SSSR count). The van der Waals surface area contributed by atoms with Crippen LogP contribution in [0.25, 0.3) is 0 Å². The molecule has 0 aliphatic carbocycles. The Balaban J connectivity index is 3.09. The molecule has 0 fully saturated rings. The van der Waals surface area contributed by atoms with Gasteiger partial charge in [-0.05, 0) is 12.1 Å². The lowest BCUT2D eigenvalue weighted by Crippen LogP contribution is -2.11. The monoisotopic (exact) mass is 194 g/mol. The van der Waals surface area contributed by atoms with Gasteiger partial charge in [0, 0.05) is 20.2 Å². The number of hydrogen-bond acceptors (Lipinski definition) is 3. The first-order valence-corrected chi connectivity index (χ1v) is 4.24. The Bertz CT molecular complexity index is 324. The Labute approximate surface area is 83.5 Å². The number of nitrogens with one attached hydrogen (secondary N) is 1. The minimum Gasteiger partial charge on any atom is -0.497 e. The van der Waals surface area contributed by atoms with Crippen molar-refractivity contribution in [1.29, 1.82) is 0 Å². The minimum absolute atomic E-state index is 0.655. The topological polar surface area (TPSA) is 41.6 Å². The molecule has 1 N–H and O–H groups in total. The van der Waals surface area contributed by atoms with Crippen molar-refractivity contribution < 1.29 is 9.53 Å². The molecule has 0 heterocycles. The molecule has 0 atom stereocenters. The van der Waals surface area contributed by atoms with Crippen molar-refractivity contribution in [1.82, 2.24) is 0 Å². The van der Waals surface area contributed by atoms with Gasteiger partial charge in [0.25, 0.3) is 0 Å². The van der Waals surface area contributed by atoms with Crippen LogP contribution in [0.5, 0.6) is 5.75 Å². The number of amides is 1. The quantitative estimate of drug-likeness (QED) is 0.735. The van der Waals surface area contributed by atoms with Crippen LogP contribution >= 0.6 is 0 Å². The van der Waals surface area contributed by atoms with Gasteiger partial charge in [0.05, 0.1) is 18.5 Å². The largest absolute Gasteiger partial charge is 0.497 e. The number of ether oxygens (including phenoxy) is 1. The van der Waals surface area contributed by atoms with Crippen molar-refractivity contribution in [2.45, 2.75) is 0 Å². The highest BCUT2D eigenvalue weighted by atomic mass is 16.5. The van der Waals surface area contributed by atoms with Gasteiger partial charge in [0.1, 0.15) is 5.75 Å². The normalized spacial score (nSPS) is 9.36. The molecule has 0 spiro atoms. The lowest BCUT2D eigenvalue weighted by Gasteiger charge is -2.17. The third-order valence-corrected chi connectivity index (χ3v) is 1.90. The van der Waals surface area contributed by atoms with Crippen LogP contribution in [0.1, 0.15) is 0 Å². The van der Waals surface area contributed by atoms with Crippen LogP contribution in [0.15, 0.2) is 18.2 Å². The molecule has 0 saturated heterocycles. The average molecular weight is 194 g/mol. The zero-order chi connectivity index (χ0) is 10.6. The van der Waals surface area contributed by atoms with Crippen molar-refractivity contribution in [3.63, 3.8) is 0 Å². The molecule has 4 heteroatoms. The third kappa shape index (κ3) is 2.16. The number of benzene rings is 1. The van der Waals surface area contributed by atoms with E-state index in [1.807, 2.05) is 31.1 Å². The van der Waals surface area contributed by atoms with E-state index in [0.717, 1.165) is 17.1 Å². The van der Waals surface area contributed by atoms with Crippen molar-refractivity contribution in [3.05, 3.63) is 18.2 Å². The van der Waals surface area contributed by atoms with E-state index in [0.29, 0.717) is 6.41 Å². The lowest BCUT2D eigenvalue weighted by atomic mass is 10.2. The van der Waals surface area contributed by atoms with Crippen LogP contribution in [0, 0.1) is 0 Å². The molecule has 0 aliphatic rings. The maximum absolute atomic E-state index is 10.4. The molecule has 0 radical (unpaired) electrons. The number of carbonyl (C=O) groups is 1. The maximum Gasteiger partial charge on any atom is 0.211 e. The van der Waals surface area contributed by atoms with Crippen LogP contribution < -0.4 is 15.0 Å². The summed E-state index contributed by atoms with van der Waals surface area (Å²) in [4.78, 5) is 12.3. The summed E-state index contributed by atoms with van der Waals surface area (Å²) >= 11 is 0. The van der Waals surface area contributed by atoms with Gasteiger partial charge in [0.2, 0.25) is 6.41 Å². The van der Waals surface area contributed by atoms with Crippen LogP contribution in [0.3, 0.4) is 0 Å². The lowest BCUT2D eigenvalue weighted by molar-refractivity contribution is -0.105. The Morgan fingerprint density at radius 2 is 2.14 bits per heavy atom. The molecule has 0 saturated carbocycles. The molecule has 0 unspecified atom stereocenters. The zero-order valence-corrected chi connectivity index (χ0v) is 8.57. The van der Waals surface area contributed by atoms with Gasteiger partial charge < -0.3 is 15.0 Å². The summed E-state index contributed by atoms with van der Waals surface area (Å²) in [6.45, 7) is 0. The maximum atomic E-state index is 10.4. The predicted octanol–water partition coefficient (Wildman–Crippen LogP) is 1.33. The van der Waals surface area contributed by atoms with Gasteiger partial charge in [-0.1, -0.05) is 0 Å². The fourth-order valence-corrected chi connectivity index (χ4v) is 1.21. The zero-order valence-electron chi connectivity index (χ0n) is 8.57. The first kappa shape index (κ1) is 10.4. The summed E-state index contributed by atoms with van der Waals surface area (Å²) in [6, 6.07) is 5.53. The molecular formula is C10H14N2O2. The van der Waals surface area contributed by atoms with Crippen LogP contribution in [0.2, 0.25) is 0 Å². The van der Waals surface area contributed by atoms with Crippen molar-refractivity contribution in [3.8, 4) is 5.75 Å². The van der Waals surface area contributed by atoms with Crippen LogP contribution in [-0.4, -0.2) is 27.6 Å². The highest BCUT2D eigenvalue weighted by Gasteiger charge is 2.04. The number of nitrogens with zero attached hydrogens (tertiary/aromatic N) is 1. The average Bonchev–Trinajstić information content (AvgIpc) is 2.17. The number of carbonyl (C=O) groups excluding carboxylic acids is 1. The summed E-state index contributed by atoms with van der Waals surface area (Å²) in [5, 5.41) is 2.63. The van der Waals surface area contributed by atoms with E-state index >= 15 is 0 Å². The van der Waals surface area contributed by atoms with Crippen molar-refractivity contribution in [2.75, 3.05) is 31.4 Å². The van der Waals surface area contributed by atoms with E-state index in [1.54, 1.807) is 13.2 Å². The van der Waals surface area contributed by atoms with Gasteiger partial charge in [-0.3, -0.25) is 4.79 Å². The summed E-state index contributed by atoms with van der Waals surface area (Å²) < 4.78 is 5.06. The molecule has 0 aliphatic heterocycles. The summed E-state index contributed by atoms with van der Waals surface area (Å²) in [6.07, 6.45) is 0.655. The fraction of sp³-hybridized carbons (Fsp3) is 0.300. The van der Waals surface area contributed by atoms with Gasteiger partial charge in [-0.25, -0.2) is 0 Å². The third-order valence-electron chi connectivity index (χ3n) is 1.90. The van der Waals surface area contributed by atoms with Crippen LogP contribution in [0.4, 0.5) is 11.4 Å². The number of methoxy groups -OCH3 is 1. The van der Waals surface area contributed by atoms with E-state index in [1.165, 1.54) is 0 Å². The number of hydrogen-bond donors (Lipinski definition) is 1. The Hall–Kier alpha value is -1.71. The minimum atomic E-state index is 0.655. The Morgan fingerprint density at radius 3 is 2.64 bits per heavy atom. The molecule has 1 amide bonds. The van der Waals surface area contributed by atoms with E-state index < -0.39 is 0 Å². The first-order chi connectivity index (χ1) is 6.69.